The lowest BCUT2D eigenvalue weighted by Crippen LogP contribution is -2.76. The third-order valence-corrected chi connectivity index (χ3v) is 10.2. The van der Waals surface area contributed by atoms with Crippen molar-refractivity contribution in [2.45, 2.75) is 97.9 Å². The summed E-state index contributed by atoms with van der Waals surface area (Å²) >= 11 is 0. The van der Waals surface area contributed by atoms with Gasteiger partial charge in [-0.2, -0.15) is 9.60 Å². The molecule has 2 unspecified atom stereocenters. The molecule has 2 amide bonds. The molecule has 0 N–H and O–H groups in total. The largest absolute Gasteiger partial charge is 0.338 e. The van der Waals surface area contributed by atoms with Crippen molar-refractivity contribution < 1.29 is 14.2 Å². The average molecular weight is 404 g/mol. The zero-order chi connectivity index (χ0) is 21.0. The van der Waals surface area contributed by atoms with Crippen LogP contribution in [0.25, 0.3) is 0 Å². The Balaban J connectivity index is 1.72. The van der Waals surface area contributed by atoms with E-state index in [9.17, 15) is 9.59 Å². The van der Waals surface area contributed by atoms with Crippen LogP contribution in [0.5, 0.6) is 0 Å². The van der Waals surface area contributed by atoms with Gasteiger partial charge in [0.25, 0.3) is 6.41 Å². The predicted molar refractivity (Wildman–Crippen MR) is 115 cm³/mol. The number of piperidine rings is 1. The highest BCUT2D eigenvalue weighted by molar-refractivity contribution is 5.71. The molecule has 0 aromatic heterocycles. The fourth-order valence-corrected chi connectivity index (χ4v) is 9.00. The van der Waals surface area contributed by atoms with E-state index in [1.807, 2.05) is 5.01 Å². The van der Waals surface area contributed by atoms with Crippen LogP contribution in [0, 0.1) is 34.5 Å². The van der Waals surface area contributed by atoms with Gasteiger partial charge >= 0.3 is 5.91 Å². The number of rotatable bonds is 5. The fraction of sp³-hybridized carbons (Fsp3) is 0.920. The minimum Gasteiger partial charge on any atom is -0.273 e. The topological polar surface area (TPSA) is 37.4 Å². The van der Waals surface area contributed by atoms with Crippen molar-refractivity contribution in [3.63, 3.8) is 0 Å². The molecule has 164 valence electrons. The molecule has 8 atom stereocenters. The third kappa shape index (κ3) is 2.95. The van der Waals surface area contributed by atoms with E-state index in [0.717, 1.165) is 37.5 Å². The summed E-state index contributed by atoms with van der Waals surface area (Å²) in [7, 11) is 2.06. The number of carbonyl (C=O) groups excluding carboxylic acids is 2. The highest BCUT2D eigenvalue weighted by Gasteiger charge is 2.67. The number of amides is 2. The summed E-state index contributed by atoms with van der Waals surface area (Å²) < 4.78 is 0.228. The van der Waals surface area contributed by atoms with Crippen LogP contribution in [0.3, 0.4) is 0 Å². The maximum absolute atomic E-state index is 13.4. The van der Waals surface area contributed by atoms with Crippen molar-refractivity contribution in [1.82, 2.24) is 5.01 Å². The van der Waals surface area contributed by atoms with Crippen molar-refractivity contribution >= 4 is 12.3 Å². The number of quaternary nitrogens is 1. The standard InChI is InChI=1S/C25H43N2O2/c1-6-7-15-26(17-28)27(5)22(29)11-14-25(4)21-10-13-24(3)12-8-9-20(24)19(21)16-18(2)23(25)27/h17-21,23H,6-16H2,1-5H3/q+1/t18?,19-,20-,21-,23+,24-,25+,27?/m0/s1. The molecule has 0 radical (unpaired) electrons. The van der Waals surface area contributed by atoms with Gasteiger partial charge in [-0.25, -0.2) is 4.79 Å². The first-order valence-corrected chi connectivity index (χ1v) is 12.3. The first-order chi connectivity index (χ1) is 13.7. The molecule has 29 heavy (non-hydrogen) atoms. The number of nitrogens with zero attached hydrogens (tertiary/aromatic N) is 2. The third-order valence-electron chi connectivity index (χ3n) is 10.2. The molecular weight excluding hydrogens is 360 g/mol. The van der Waals surface area contributed by atoms with E-state index in [4.69, 9.17) is 0 Å². The molecule has 1 saturated heterocycles. The van der Waals surface area contributed by atoms with Crippen LogP contribution >= 0.6 is 0 Å². The van der Waals surface area contributed by atoms with Crippen LogP contribution in [0.2, 0.25) is 0 Å². The number of unbranched alkanes of at least 4 members (excludes halogenated alkanes) is 1. The maximum Gasteiger partial charge on any atom is 0.338 e. The zero-order valence-electron chi connectivity index (χ0n) is 19.5. The summed E-state index contributed by atoms with van der Waals surface area (Å²) in [4.78, 5) is 25.6. The number of hydrogen-bond donors (Lipinski definition) is 0. The van der Waals surface area contributed by atoms with Crippen LogP contribution in [0.15, 0.2) is 0 Å². The Morgan fingerprint density at radius 3 is 2.62 bits per heavy atom. The average Bonchev–Trinajstić information content (AvgIpc) is 3.08. The molecule has 0 spiro atoms. The lowest BCUT2D eigenvalue weighted by atomic mass is 9.45. The SMILES string of the molecule is CCCCN(C=O)[N+]1(C)C(=O)CC[C@@]2(C)[C@H]1C(C)C[C@H]1[C@@H]3CCC[C@@]3(C)CC[C@@H]12. The van der Waals surface area contributed by atoms with Crippen molar-refractivity contribution in [2.75, 3.05) is 13.6 Å². The monoisotopic (exact) mass is 403 g/mol. The minimum absolute atomic E-state index is 0.155. The van der Waals surface area contributed by atoms with Gasteiger partial charge in [0.1, 0.15) is 6.04 Å². The van der Waals surface area contributed by atoms with Crippen LogP contribution in [0.4, 0.5) is 0 Å². The second kappa shape index (κ2) is 7.35. The molecule has 0 bridgehead atoms. The highest BCUT2D eigenvalue weighted by Crippen LogP contribution is 2.66. The second-order valence-corrected chi connectivity index (χ2v) is 11.7. The number of carbonyl (C=O) groups is 2. The Hall–Kier alpha value is -0.900. The quantitative estimate of drug-likeness (QED) is 0.469. The molecule has 4 fully saturated rings. The summed E-state index contributed by atoms with van der Waals surface area (Å²) in [6.45, 7) is 10.3. The maximum atomic E-state index is 13.4. The predicted octanol–water partition coefficient (Wildman–Crippen LogP) is 5.17. The van der Waals surface area contributed by atoms with Crippen LogP contribution in [-0.4, -0.2) is 41.6 Å². The molecule has 4 heteroatoms. The molecule has 1 aliphatic heterocycles. The van der Waals surface area contributed by atoms with Gasteiger partial charge in [-0.3, -0.25) is 4.79 Å². The van der Waals surface area contributed by atoms with Crippen molar-refractivity contribution in [2.24, 2.45) is 34.5 Å². The lowest BCUT2D eigenvalue weighted by molar-refractivity contribution is -0.975. The fourth-order valence-electron chi connectivity index (χ4n) is 9.00. The summed E-state index contributed by atoms with van der Waals surface area (Å²) in [5.74, 6) is 3.13. The Morgan fingerprint density at radius 2 is 1.93 bits per heavy atom. The minimum atomic E-state index is 0.155. The van der Waals surface area contributed by atoms with E-state index in [1.165, 1.54) is 38.5 Å². The van der Waals surface area contributed by atoms with Gasteiger partial charge in [0.05, 0.1) is 20.0 Å². The number of fused-ring (bicyclic) bond motifs is 5. The van der Waals surface area contributed by atoms with Crippen LogP contribution in [0.1, 0.15) is 91.9 Å². The molecule has 0 aromatic rings. The van der Waals surface area contributed by atoms with Crippen molar-refractivity contribution in [3.8, 4) is 0 Å². The smallest absolute Gasteiger partial charge is 0.273 e. The van der Waals surface area contributed by atoms with E-state index in [1.54, 1.807) is 0 Å². The molecule has 4 nitrogen and oxygen atoms in total. The van der Waals surface area contributed by atoms with E-state index in [0.29, 0.717) is 30.2 Å². The molecular formula is C25H43N2O2+. The molecule has 1 heterocycles. The summed E-state index contributed by atoms with van der Waals surface area (Å²) in [6, 6.07) is 0.234. The van der Waals surface area contributed by atoms with E-state index in [2.05, 4.69) is 34.7 Å². The summed E-state index contributed by atoms with van der Waals surface area (Å²) in [5.41, 5.74) is 0.713. The number of hydrogen-bond acceptors (Lipinski definition) is 2. The Kier molecular flexibility index (Phi) is 5.41. The van der Waals surface area contributed by atoms with Gasteiger partial charge in [-0.15, -0.1) is 0 Å². The first kappa shape index (κ1) is 21.3. The second-order valence-electron chi connectivity index (χ2n) is 11.7. The van der Waals surface area contributed by atoms with Gasteiger partial charge in [0.2, 0.25) is 0 Å². The van der Waals surface area contributed by atoms with Crippen LogP contribution in [-0.2, 0) is 9.59 Å². The Morgan fingerprint density at radius 1 is 1.17 bits per heavy atom. The van der Waals surface area contributed by atoms with Crippen molar-refractivity contribution in [1.29, 1.82) is 0 Å². The van der Waals surface area contributed by atoms with Gasteiger partial charge in [-0.1, -0.05) is 40.5 Å². The van der Waals surface area contributed by atoms with E-state index < -0.39 is 0 Å². The van der Waals surface area contributed by atoms with Crippen molar-refractivity contribution in [3.05, 3.63) is 0 Å². The van der Waals surface area contributed by atoms with Gasteiger partial charge < -0.3 is 0 Å². The highest BCUT2D eigenvalue weighted by atomic mass is 16.2. The Labute approximate surface area is 177 Å². The molecule has 4 rings (SSSR count). The zero-order valence-corrected chi connectivity index (χ0v) is 19.5. The van der Waals surface area contributed by atoms with E-state index in [-0.39, 0.29) is 22.0 Å². The van der Waals surface area contributed by atoms with Gasteiger partial charge in [0.15, 0.2) is 0 Å². The molecule has 3 saturated carbocycles. The lowest BCUT2D eigenvalue weighted by Gasteiger charge is -2.64. The van der Waals surface area contributed by atoms with E-state index >= 15 is 0 Å². The van der Waals surface area contributed by atoms with Crippen LogP contribution < -0.4 is 0 Å². The Bertz CT molecular complexity index is 665. The molecule has 4 aliphatic rings. The molecule has 3 aliphatic carbocycles. The normalized spacial score (nSPS) is 49.1. The van der Waals surface area contributed by atoms with Gasteiger partial charge in [-0.05, 0) is 68.1 Å². The summed E-state index contributed by atoms with van der Waals surface area (Å²) in [5, 5.41) is 1.85. The number of likely N-dealkylation sites (tertiary alicyclic amines) is 1. The molecule has 0 aromatic carbocycles. The first-order valence-electron chi connectivity index (χ1n) is 12.3. The summed E-state index contributed by atoms with van der Waals surface area (Å²) in [6.07, 6.45) is 12.8. The van der Waals surface area contributed by atoms with Gasteiger partial charge in [0, 0.05) is 11.3 Å².